The van der Waals surface area contributed by atoms with Crippen molar-refractivity contribution in [1.29, 1.82) is 0 Å². The van der Waals surface area contributed by atoms with E-state index < -0.39 is 6.10 Å². The zero-order chi connectivity index (χ0) is 12.4. The van der Waals surface area contributed by atoms with Gasteiger partial charge in [-0.25, -0.2) is 0 Å². The van der Waals surface area contributed by atoms with Crippen molar-refractivity contribution in [3.05, 3.63) is 52.8 Å². The van der Waals surface area contributed by atoms with E-state index in [0.29, 0.717) is 6.42 Å². The SMILES string of the molecule is Cc1ccc(C(O)Cc2cc(C)nn2C)cc1. The lowest BCUT2D eigenvalue weighted by Gasteiger charge is -2.11. The van der Waals surface area contributed by atoms with Gasteiger partial charge in [0, 0.05) is 19.2 Å². The third-order valence-corrected chi connectivity index (χ3v) is 2.96. The van der Waals surface area contributed by atoms with E-state index in [2.05, 4.69) is 5.10 Å². The molecular weight excluding hydrogens is 212 g/mol. The van der Waals surface area contributed by atoms with Crippen molar-refractivity contribution in [1.82, 2.24) is 9.78 Å². The normalized spacial score (nSPS) is 12.7. The van der Waals surface area contributed by atoms with Crippen LogP contribution in [0.15, 0.2) is 30.3 Å². The number of nitrogens with zero attached hydrogens (tertiary/aromatic N) is 2. The molecule has 1 aromatic heterocycles. The number of hydrogen-bond acceptors (Lipinski definition) is 2. The van der Waals surface area contributed by atoms with Crippen LogP contribution in [-0.4, -0.2) is 14.9 Å². The van der Waals surface area contributed by atoms with Gasteiger partial charge < -0.3 is 5.11 Å². The van der Waals surface area contributed by atoms with Crippen molar-refractivity contribution in [2.75, 3.05) is 0 Å². The summed E-state index contributed by atoms with van der Waals surface area (Å²) in [6.45, 7) is 4.00. The quantitative estimate of drug-likeness (QED) is 0.878. The Morgan fingerprint density at radius 3 is 2.41 bits per heavy atom. The molecule has 0 aliphatic carbocycles. The molecule has 1 N–H and O–H groups in total. The van der Waals surface area contributed by atoms with Crippen molar-refractivity contribution in [2.45, 2.75) is 26.4 Å². The fourth-order valence-electron chi connectivity index (χ4n) is 1.96. The van der Waals surface area contributed by atoms with Gasteiger partial charge >= 0.3 is 0 Å². The maximum Gasteiger partial charge on any atom is 0.0845 e. The highest BCUT2D eigenvalue weighted by Gasteiger charge is 2.11. The molecule has 0 aliphatic heterocycles. The van der Waals surface area contributed by atoms with Crippen LogP contribution >= 0.6 is 0 Å². The predicted molar refractivity (Wildman–Crippen MR) is 67.8 cm³/mol. The zero-order valence-corrected chi connectivity index (χ0v) is 10.5. The van der Waals surface area contributed by atoms with Gasteiger partial charge in [-0.1, -0.05) is 29.8 Å². The molecule has 1 unspecified atom stereocenters. The van der Waals surface area contributed by atoms with Gasteiger partial charge in [0.1, 0.15) is 0 Å². The van der Waals surface area contributed by atoms with Gasteiger partial charge in [-0.15, -0.1) is 0 Å². The van der Waals surface area contributed by atoms with Gasteiger partial charge in [0.2, 0.25) is 0 Å². The average Bonchev–Trinajstić information content (AvgIpc) is 2.58. The summed E-state index contributed by atoms with van der Waals surface area (Å²) in [5.41, 5.74) is 4.20. The van der Waals surface area contributed by atoms with Crippen LogP contribution in [0.1, 0.15) is 28.6 Å². The second kappa shape index (κ2) is 4.72. The smallest absolute Gasteiger partial charge is 0.0845 e. The third-order valence-electron chi connectivity index (χ3n) is 2.96. The topological polar surface area (TPSA) is 38.1 Å². The van der Waals surface area contributed by atoms with E-state index in [1.54, 1.807) is 0 Å². The summed E-state index contributed by atoms with van der Waals surface area (Å²) in [6, 6.07) is 10.0. The monoisotopic (exact) mass is 230 g/mol. The van der Waals surface area contributed by atoms with Gasteiger partial charge in [-0.2, -0.15) is 5.10 Å². The van der Waals surface area contributed by atoms with Crippen molar-refractivity contribution < 1.29 is 5.11 Å². The van der Waals surface area contributed by atoms with Crippen molar-refractivity contribution in [3.8, 4) is 0 Å². The first kappa shape index (κ1) is 11.9. The lowest BCUT2D eigenvalue weighted by Crippen LogP contribution is -2.06. The Balaban J connectivity index is 2.13. The number of aliphatic hydroxyl groups is 1. The molecular formula is C14H18N2O. The van der Waals surface area contributed by atoms with Gasteiger partial charge in [0.05, 0.1) is 11.8 Å². The van der Waals surface area contributed by atoms with E-state index in [4.69, 9.17) is 0 Å². The molecule has 0 radical (unpaired) electrons. The van der Waals surface area contributed by atoms with Gasteiger partial charge in [-0.3, -0.25) is 4.68 Å². The molecule has 3 heteroatoms. The number of benzene rings is 1. The molecule has 3 nitrogen and oxygen atoms in total. The van der Waals surface area contributed by atoms with E-state index in [1.165, 1.54) is 5.56 Å². The molecule has 1 aromatic carbocycles. The molecule has 0 saturated carbocycles. The highest BCUT2D eigenvalue weighted by molar-refractivity contribution is 5.24. The highest BCUT2D eigenvalue weighted by Crippen LogP contribution is 2.18. The van der Waals surface area contributed by atoms with Crippen LogP contribution in [0.25, 0.3) is 0 Å². The first-order valence-electron chi connectivity index (χ1n) is 5.80. The Morgan fingerprint density at radius 1 is 1.24 bits per heavy atom. The molecule has 2 rings (SSSR count). The van der Waals surface area contributed by atoms with Crippen LogP contribution in [0, 0.1) is 13.8 Å². The van der Waals surface area contributed by atoms with Gasteiger partial charge in [0.25, 0.3) is 0 Å². The standard InChI is InChI=1S/C14H18N2O/c1-10-4-6-12(7-5-10)14(17)9-13-8-11(2)15-16(13)3/h4-8,14,17H,9H2,1-3H3. The second-order valence-corrected chi connectivity index (χ2v) is 4.53. The van der Waals surface area contributed by atoms with Gasteiger partial charge in [-0.05, 0) is 25.5 Å². The predicted octanol–water partition coefficient (Wildman–Crippen LogP) is 2.31. The lowest BCUT2D eigenvalue weighted by atomic mass is 10.0. The number of aliphatic hydroxyl groups excluding tert-OH is 1. The molecule has 17 heavy (non-hydrogen) atoms. The van der Waals surface area contributed by atoms with Crippen molar-refractivity contribution in [2.24, 2.45) is 7.05 Å². The Kier molecular flexibility index (Phi) is 3.29. The maximum absolute atomic E-state index is 10.2. The molecule has 0 amide bonds. The van der Waals surface area contributed by atoms with Crippen LogP contribution in [0.5, 0.6) is 0 Å². The molecule has 0 aliphatic rings. The Labute approximate surface area is 102 Å². The minimum absolute atomic E-state index is 0.467. The zero-order valence-electron chi connectivity index (χ0n) is 10.5. The molecule has 2 aromatic rings. The summed E-state index contributed by atoms with van der Waals surface area (Å²) in [5.74, 6) is 0. The molecule has 0 fully saturated rings. The Morgan fingerprint density at radius 2 is 1.88 bits per heavy atom. The van der Waals surface area contributed by atoms with E-state index in [-0.39, 0.29) is 0 Å². The van der Waals surface area contributed by atoms with Crippen LogP contribution in [0.2, 0.25) is 0 Å². The fourth-order valence-corrected chi connectivity index (χ4v) is 1.96. The molecule has 0 saturated heterocycles. The number of hydrogen-bond donors (Lipinski definition) is 1. The molecule has 0 bridgehead atoms. The van der Waals surface area contributed by atoms with Crippen LogP contribution in [0.4, 0.5) is 0 Å². The minimum Gasteiger partial charge on any atom is -0.388 e. The number of rotatable bonds is 3. The van der Waals surface area contributed by atoms with E-state index in [0.717, 1.165) is 17.0 Å². The Hall–Kier alpha value is -1.61. The summed E-state index contributed by atoms with van der Waals surface area (Å²) in [6.07, 6.45) is 0.130. The van der Waals surface area contributed by atoms with E-state index in [9.17, 15) is 5.11 Å². The van der Waals surface area contributed by atoms with E-state index in [1.807, 2.05) is 55.9 Å². The highest BCUT2D eigenvalue weighted by atomic mass is 16.3. The molecule has 1 atom stereocenters. The first-order valence-corrected chi connectivity index (χ1v) is 5.80. The Bertz CT molecular complexity index is 499. The van der Waals surface area contributed by atoms with Crippen LogP contribution in [-0.2, 0) is 13.5 Å². The minimum atomic E-state index is -0.467. The fraction of sp³-hybridized carbons (Fsp3) is 0.357. The summed E-state index contributed by atoms with van der Waals surface area (Å²) >= 11 is 0. The third kappa shape index (κ3) is 2.74. The maximum atomic E-state index is 10.2. The second-order valence-electron chi connectivity index (χ2n) is 4.53. The summed E-state index contributed by atoms with van der Waals surface area (Å²) in [4.78, 5) is 0. The summed E-state index contributed by atoms with van der Waals surface area (Å²) < 4.78 is 1.83. The number of aromatic nitrogens is 2. The first-order chi connectivity index (χ1) is 8.06. The molecule has 1 heterocycles. The summed E-state index contributed by atoms with van der Waals surface area (Å²) in [5, 5.41) is 14.4. The number of aryl methyl sites for hydroxylation is 3. The average molecular weight is 230 g/mol. The van der Waals surface area contributed by atoms with Crippen molar-refractivity contribution in [3.63, 3.8) is 0 Å². The van der Waals surface area contributed by atoms with Crippen LogP contribution < -0.4 is 0 Å². The van der Waals surface area contributed by atoms with E-state index >= 15 is 0 Å². The summed E-state index contributed by atoms with van der Waals surface area (Å²) in [7, 11) is 1.91. The van der Waals surface area contributed by atoms with Gasteiger partial charge in [0.15, 0.2) is 0 Å². The largest absolute Gasteiger partial charge is 0.388 e. The van der Waals surface area contributed by atoms with Crippen LogP contribution in [0.3, 0.4) is 0 Å². The molecule has 0 spiro atoms. The molecule has 90 valence electrons. The lowest BCUT2D eigenvalue weighted by molar-refractivity contribution is 0.176. The van der Waals surface area contributed by atoms with Crippen molar-refractivity contribution >= 4 is 0 Å².